The van der Waals surface area contributed by atoms with Crippen molar-refractivity contribution in [3.63, 3.8) is 0 Å². The SMILES string of the molecule is Cc1ccccc1CNC(=O)C1CCN(c2ccc(F)cc2)C1=O. The average molecular weight is 326 g/mol. The normalized spacial score (nSPS) is 17.2. The molecule has 3 rings (SSSR count). The molecule has 0 bridgehead atoms. The zero-order chi connectivity index (χ0) is 17.1. The van der Waals surface area contributed by atoms with Crippen molar-refractivity contribution in [2.24, 2.45) is 5.92 Å². The summed E-state index contributed by atoms with van der Waals surface area (Å²) in [4.78, 5) is 26.4. The fraction of sp³-hybridized carbons (Fsp3) is 0.263. The van der Waals surface area contributed by atoms with E-state index in [2.05, 4.69) is 5.32 Å². The molecule has 4 nitrogen and oxygen atoms in total. The first-order valence-corrected chi connectivity index (χ1v) is 7.95. The molecule has 2 amide bonds. The second-order valence-corrected chi connectivity index (χ2v) is 5.95. The van der Waals surface area contributed by atoms with E-state index in [1.54, 1.807) is 12.1 Å². The summed E-state index contributed by atoms with van der Waals surface area (Å²) in [5.41, 5.74) is 2.76. The molecule has 0 aromatic heterocycles. The van der Waals surface area contributed by atoms with Crippen LogP contribution in [-0.2, 0) is 16.1 Å². The Kier molecular flexibility index (Phi) is 4.60. The summed E-state index contributed by atoms with van der Waals surface area (Å²) in [5.74, 6) is -1.52. The summed E-state index contributed by atoms with van der Waals surface area (Å²) in [7, 11) is 0. The van der Waals surface area contributed by atoms with Crippen LogP contribution in [0.4, 0.5) is 10.1 Å². The molecule has 24 heavy (non-hydrogen) atoms. The van der Waals surface area contributed by atoms with Gasteiger partial charge in [0.25, 0.3) is 0 Å². The Hall–Kier alpha value is -2.69. The van der Waals surface area contributed by atoms with Crippen LogP contribution in [0.25, 0.3) is 0 Å². The van der Waals surface area contributed by atoms with Crippen molar-refractivity contribution in [2.75, 3.05) is 11.4 Å². The monoisotopic (exact) mass is 326 g/mol. The maximum absolute atomic E-state index is 13.0. The van der Waals surface area contributed by atoms with Crippen molar-refractivity contribution in [2.45, 2.75) is 19.9 Å². The highest BCUT2D eigenvalue weighted by Gasteiger charge is 2.37. The van der Waals surface area contributed by atoms with Crippen molar-refractivity contribution in [3.05, 3.63) is 65.5 Å². The third kappa shape index (κ3) is 3.30. The minimum atomic E-state index is -0.681. The fourth-order valence-electron chi connectivity index (χ4n) is 2.91. The summed E-state index contributed by atoms with van der Waals surface area (Å²) < 4.78 is 13.0. The first kappa shape index (κ1) is 16.2. The standard InChI is InChI=1S/C19H19FN2O2/c1-13-4-2-3-5-14(13)12-21-18(23)17-10-11-22(19(17)24)16-8-6-15(20)7-9-16/h2-9,17H,10-12H2,1H3,(H,21,23). The van der Waals surface area contributed by atoms with E-state index in [0.717, 1.165) is 11.1 Å². The first-order chi connectivity index (χ1) is 11.6. The van der Waals surface area contributed by atoms with Gasteiger partial charge >= 0.3 is 0 Å². The number of hydrogen-bond donors (Lipinski definition) is 1. The second kappa shape index (κ2) is 6.83. The number of nitrogens with one attached hydrogen (secondary N) is 1. The van der Waals surface area contributed by atoms with E-state index in [1.165, 1.54) is 17.0 Å². The van der Waals surface area contributed by atoms with Crippen molar-refractivity contribution in [3.8, 4) is 0 Å². The number of carbonyl (C=O) groups excluding carboxylic acids is 2. The van der Waals surface area contributed by atoms with Crippen LogP contribution < -0.4 is 10.2 Å². The first-order valence-electron chi connectivity index (χ1n) is 7.95. The summed E-state index contributed by atoms with van der Waals surface area (Å²) in [6, 6.07) is 13.5. The van der Waals surface area contributed by atoms with E-state index in [0.29, 0.717) is 25.2 Å². The lowest BCUT2D eigenvalue weighted by Crippen LogP contribution is -2.36. The van der Waals surface area contributed by atoms with Crippen LogP contribution in [0, 0.1) is 18.7 Å². The van der Waals surface area contributed by atoms with Crippen molar-refractivity contribution in [1.29, 1.82) is 0 Å². The Morgan fingerprint density at radius 3 is 2.62 bits per heavy atom. The molecule has 0 aliphatic carbocycles. The van der Waals surface area contributed by atoms with E-state index >= 15 is 0 Å². The molecule has 1 aliphatic heterocycles. The zero-order valence-electron chi connectivity index (χ0n) is 13.5. The topological polar surface area (TPSA) is 49.4 Å². The molecule has 0 saturated carbocycles. The lowest BCUT2D eigenvalue weighted by atomic mass is 10.1. The predicted molar refractivity (Wildman–Crippen MR) is 89.9 cm³/mol. The molecule has 0 radical (unpaired) electrons. The van der Waals surface area contributed by atoms with E-state index < -0.39 is 5.92 Å². The van der Waals surface area contributed by atoms with Crippen molar-refractivity contribution < 1.29 is 14.0 Å². The summed E-state index contributed by atoms with van der Waals surface area (Å²) in [5, 5.41) is 2.85. The summed E-state index contributed by atoms with van der Waals surface area (Å²) >= 11 is 0. The molecule has 1 fully saturated rings. The Labute approximate surface area is 140 Å². The third-order valence-electron chi connectivity index (χ3n) is 4.37. The van der Waals surface area contributed by atoms with Gasteiger partial charge in [-0.1, -0.05) is 24.3 Å². The number of halogens is 1. The fourth-order valence-corrected chi connectivity index (χ4v) is 2.91. The van der Waals surface area contributed by atoms with Gasteiger partial charge in [-0.05, 0) is 48.7 Å². The van der Waals surface area contributed by atoms with Gasteiger partial charge in [0.05, 0.1) is 0 Å². The van der Waals surface area contributed by atoms with Gasteiger partial charge in [0.15, 0.2) is 0 Å². The van der Waals surface area contributed by atoms with Gasteiger partial charge in [0.2, 0.25) is 11.8 Å². The van der Waals surface area contributed by atoms with E-state index in [-0.39, 0.29) is 17.6 Å². The lowest BCUT2D eigenvalue weighted by Gasteiger charge is -2.17. The van der Waals surface area contributed by atoms with E-state index in [4.69, 9.17) is 0 Å². The van der Waals surface area contributed by atoms with Gasteiger partial charge in [-0.15, -0.1) is 0 Å². The van der Waals surface area contributed by atoms with Crippen LogP contribution in [0.2, 0.25) is 0 Å². The summed E-state index contributed by atoms with van der Waals surface area (Å²) in [6.07, 6.45) is 0.468. The highest BCUT2D eigenvalue weighted by molar-refractivity contribution is 6.09. The smallest absolute Gasteiger partial charge is 0.239 e. The minimum Gasteiger partial charge on any atom is -0.351 e. The minimum absolute atomic E-state index is 0.233. The van der Waals surface area contributed by atoms with Gasteiger partial charge in [-0.3, -0.25) is 9.59 Å². The molecule has 1 saturated heterocycles. The molecule has 2 aromatic carbocycles. The predicted octanol–water partition coefficient (Wildman–Crippen LogP) is 2.80. The molecule has 124 valence electrons. The lowest BCUT2D eigenvalue weighted by molar-refractivity contribution is -0.132. The quantitative estimate of drug-likeness (QED) is 0.879. The number of carbonyl (C=O) groups is 2. The van der Waals surface area contributed by atoms with Gasteiger partial charge in [0, 0.05) is 18.8 Å². The maximum Gasteiger partial charge on any atom is 0.239 e. The molecule has 1 N–H and O–H groups in total. The van der Waals surface area contributed by atoms with Crippen LogP contribution >= 0.6 is 0 Å². The molecule has 1 heterocycles. The van der Waals surface area contributed by atoms with Crippen LogP contribution in [-0.4, -0.2) is 18.4 Å². The van der Waals surface area contributed by atoms with E-state index in [9.17, 15) is 14.0 Å². The number of amides is 2. The number of aryl methyl sites for hydroxylation is 1. The number of rotatable bonds is 4. The van der Waals surface area contributed by atoms with Crippen LogP contribution in [0.3, 0.4) is 0 Å². The van der Waals surface area contributed by atoms with Crippen molar-refractivity contribution in [1.82, 2.24) is 5.32 Å². The van der Waals surface area contributed by atoms with Gasteiger partial charge in [-0.25, -0.2) is 4.39 Å². The van der Waals surface area contributed by atoms with Crippen molar-refractivity contribution >= 4 is 17.5 Å². The molecule has 0 spiro atoms. The molecule has 1 unspecified atom stereocenters. The Bertz CT molecular complexity index is 758. The summed E-state index contributed by atoms with van der Waals surface area (Å²) in [6.45, 7) is 2.86. The second-order valence-electron chi connectivity index (χ2n) is 5.95. The molecule has 2 aromatic rings. The average Bonchev–Trinajstić information content (AvgIpc) is 2.96. The molecular formula is C19H19FN2O2. The van der Waals surface area contributed by atoms with Gasteiger partial charge in [-0.2, -0.15) is 0 Å². The number of benzene rings is 2. The Balaban J connectivity index is 1.63. The number of anilines is 1. The third-order valence-corrected chi connectivity index (χ3v) is 4.37. The largest absolute Gasteiger partial charge is 0.351 e. The van der Waals surface area contributed by atoms with Gasteiger partial charge in [0.1, 0.15) is 11.7 Å². The number of hydrogen-bond acceptors (Lipinski definition) is 2. The van der Waals surface area contributed by atoms with Crippen LogP contribution in [0.15, 0.2) is 48.5 Å². The Morgan fingerprint density at radius 2 is 1.92 bits per heavy atom. The van der Waals surface area contributed by atoms with E-state index in [1.807, 2.05) is 31.2 Å². The highest BCUT2D eigenvalue weighted by Crippen LogP contribution is 2.25. The molecule has 1 aliphatic rings. The molecule has 1 atom stereocenters. The molecule has 5 heteroatoms. The maximum atomic E-state index is 13.0. The van der Waals surface area contributed by atoms with Crippen LogP contribution in [0.1, 0.15) is 17.5 Å². The Morgan fingerprint density at radius 1 is 1.21 bits per heavy atom. The van der Waals surface area contributed by atoms with Gasteiger partial charge < -0.3 is 10.2 Å². The molecular weight excluding hydrogens is 307 g/mol. The zero-order valence-corrected chi connectivity index (χ0v) is 13.5. The highest BCUT2D eigenvalue weighted by atomic mass is 19.1. The van der Waals surface area contributed by atoms with Crippen LogP contribution in [0.5, 0.6) is 0 Å². The number of nitrogens with zero attached hydrogens (tertiary/aromatic N) is 1.